The van der Waals surface area contributed by atoms with E-state index in [0.29, 0.717) is 17.1 Å². The number of carbonyl (C=O) groups is 2. The lowest BCUT2D eigenvalue weighted by Gasteiger charge is -2.15. The lowest BCUT2D eigenvalue weighted by Crippen LogP contribution is -2.29. The third-order valence-corrected chi connectivity index (χ3v) is 5.36. The Balaban J connectivity index is 1.50. The monoisotopic (exact) mass is 536 g/mol. The zero-order chi connectivity index (χ0) is 27.7. The Labute approximate surface area is 211 Å². The standard InChI is InChI=1S/C26H17F5O7/c1-11(36-25-22(30)20(28)19(27)21(29)23(25)31)26(33)37-13-5-6-14-16(10-13)38-18(24(14)32)9-12-4-7-15(34-2)17(8-12)35-3/h4-11H,1-3H3/b18-9-. The van der Waals surface area contributed by atoms with Crippen molar-refractivity contribution in [2.45, 2.75) is 13.0 Å². The molecule has 0 amide bonds. The van der Waals surface area contributed by atoms with Crippen LogP contribution in [0.5, 0.6) is 28.7 Å². The predicted octanol–water partition coefficient (Wildman–Crippen LogP) is 5.39. The number of rotatable bonds is 7. The molecule has 0 aromatic heterocycles. The first-order chi connectivity index (χ1) is 18.0. The molecule has 0 spiro atoms. The highest BCUT2D eigenvalue weighted by atomic mass is 19.2. The minimum absolute atomic E-state index is 0.0290. The summed E-state index contributed by atoms with van der Waals surface area (Å²) in [5, 5.41) is 0. The molecule has 0 N–H and O–H groups in total. The van der Waals surface area contributed by atoms with E-state index in [1.54, 1.807) is 18.2 Å². The van der Waals surface area contributed by atoms with Crippen LogP contribution < -0.4 is 23.7 Å². The van der Waals surface area contributed by atoms with Crippen LogP contribution in [0.2, 0.25) is 0 Å². The molecule has 0 saturated carbocycles. The molecule has 12 heteroatoms. The Hall–Kier alpha value is -4.61. The number of methoxy groups -OCH3 is 2. The number of esters is 1. The summed E-state index contributed by atoms with van der Waals surface area (Å²) in [6.45, 7) is 0.984. The second kappa shape index (κ2) is 10.4. The Morgan fingerprint density at radius 1 is 0.868 bits per heavy atom. The van der Waals surface area contributed by atoms with E-state index >= 15 is 0 Å². The summed E-state index contributed by atoms with van der Waals surface area (Å²) in [4.78, 5) is 25.1. The molecule has 3 aromatic rings. The van der Waals surface area contributed by atoms with Crippen molar-refractivity contribution in [2.75, 3.05) is 14.2 Å². The van der Waals surface area contributed by atoms with Crippen LogP contribution in [0.4, 0.5) is 22.0 Å². The Morgan fingerprint density at radius 3 is 2.13 bits per heavy atom. The van der Waals surface area contributed by atoms with Crippen LogP contribution in [-0.4, -0.2) is 32.1 Å². The number of ketones is 1. The molecule has 0 saturated heterocycles. The third kappa shape index (κ3) is 4.84. The SMILES string of the molecule is COc1ccc(/C=C2\Oc3cc(OC(=O)C(C)Oc4c(F)c(F)c(F)c(F)c4F)ccc3C2=O)cc1OC. The Bertz CT molecular complexity index is 1460. The van der Waals surface area contributed by atoms with Gasteiger partial charge in [-0.25, -0.2) is 18.0 Å². The summed E-state index contributed by atoms with van der Waals surface area (Å²) in [5.41, 5.74) is 0.742. The summed E-state index contributed by atoms with van der Waals surface area (Å²) < 4.78 is 93.4. The van der Waals surface area contributed by atoms with Crippen molar-refractivity contribution in [3.05, 3.63) is 82.4 Å². The van der Waals surface area contributed by atoms with Crippen LogP contribution in [-0.2, 0) is 4.79 Å². The van der Waals surface area contributed by atoms with Gasteiger partial charge in [0.05, 0.1) is 19.8 Å². The van der Waals surface area contributed by atoms with Gasteiger partial charge in [-0.3, -0.25) is 4.79 Å². The molecule has 1 unspecified atom stereocenters. The molecular formula is C26H17F5O7. The number of Topliss-reactive ketones (excluding diaryl/α,β-unsaturated/α-hetero) is 1. The first kappa shape index (κ1) is 26.5. The summed E-state index contributed by atoms with van der Waals surface area (Å²) in [5.74, 6) is -13.8. The van der Waals surface area contributed by atoms with Gasteiger partial charge in [-0.1, -0.05) is 6.07 Å². The van der Waals surface area contributed by atoms with Gasteiger partial charge in [-0.05, 0) is 42.8 Å². The van der Waals surface area contributed by atoms with E-state index in [9.17, 15) is 31.5 Å². The van der Waals surface area contributed by atoms with Crippen LogP contribution in [0.1, 0.15) is 22.8 Å². The lowest BCUT2D eigenvalue weighted by molar-refractivity contribution is -0.141. The second-order valence-corrected chi connectivity index (χ2v) is 7.79. The van der Waals surface area contributed by atoms with Gasteiger partial charge in [0.25, 0.3) is 0 Å². The molecular weight excluding hydrogens is 519 g/mol. The van der Waals surface area contributed by atoms with E-state index in [0.717, 1.165) is 6.92 Å². The lowest BCUT2D eigenvalue weighted by atomic mass is 10.1. The van der Waals surface area contributed by atoms with Crippen molar-refractivity contribution in [1.82, 2.24) is 0 Å². The molecule has 0 aliphatic carbocycles. The number of benzene rings is 3. The highest BCUT2D eigenvalue weighted by Crippen LogP contribution is 2.36. The quantitative estimate of drug-likeness (QED) is 0.100. The summed E-state index contributed by atoms with van der Waals surface area (Å²) in [6.07, 6.45) is -0.310. The molecule has 4 rings (SSSR count). The van der Waals surface area contributed by atoms with Crippen molar-refractivity contribution >= 4 is 17.8 Å². The van der Waals surface area contributed by atoms with Gasteiger partial charge in [-0.2, -0.15) is 8.78 Å². The van der Waals surface area contributed by atoms with Gasteiger partial charge in [0, 0.05) is 6.07 Å². The maximum absolute atomic E-state index is 13.8. The van der Waals surface area contributed by atoms with Crippen LogP contribution in [0.3, 0.4) is 0 Å². The average molecular weight is 536 g/mol. The van der Waals surface area contributed by atoms with E-state index in [4.69, 9.17) is 18.9 Å². The van der Waals surface area contributed by atoms with E-state index in [2.05, 4.69) is 4.74 Å². The molecule has 3 aromatic carbocycles. The van der Waals surface area contributed by atoms with Gasteiger partial charge in [0.2, 0.25) is 34.9 Å². The van der Waals surface area contributed by atoms with Gasteiger partial charge in [0.15, 0.2) is 29.1 Å². The molecule has 7 nitrogen and oxygen atoms in total. The van der Waals surface area contributed by atoms with E-state index in [1.165, 1.54) is 38.5 Å². The maximum Gasteiger partial charge on any atom is 0.352 e. The van der Waals surface area contributed by atoms with Crippen molar-refractivity contribution in [3.63, 3.8) is 0 Å². The van der Waals surface area contributed by atoms with Crippen LogP contribution in [0.25, 0.3) is 6.08 Å². The number of allylic oxidation sites excluding steroid dienone is 1. The van der Waals surface area contributed by atoms with Crippen molar-refractivity contribution < 1.29 is 55.2 Å². The average Bonchev–Trinajstić information content (AvgIpc) is 3.22. The van der Waals surface area contributed by atoms with E-state index in [1.807, 2.05) is 0 Å². The molecule has 1 aliphatic rings. The Kier molecular flexibility index (Phi) is 7.24. The predicted molar refractivity (Wildman–Crippen MR) is 121 cm³/mol. The fourth-order valence-electron chi connectivity index (χ4n) is 3.44. The molecule has 0 bridgehead atoms. The normalized spacial score (nSPS) is 14.1. The van der Waals surface area contributed by atoms with Gasteiger partial charge in [-0.15, -0.1) is 0 Å². The number of ether oxygens (including phenoxy) is 5. The minimum Gasteiger partial charge on any atom is -0.493 e. The van der Waals surface area contributed by atoms with E-state index in [-0.39, 0.29) is 22.8 Å². The van der Waals surface area contributed by atoms with Gasteiger partial charge < -0.3 is 23.7 Å². The second-order valence-electron chi connectivity index (χ2n) is 7.79. The summed E-state index contributed by atoms with van der Waals surface area (Å²) in [7, 11) is 2.94. The molecule has 1 heterocycles. The summed E-state index contributed by atoms with van der Waals surface area (Å²) >= 11 is 0. The number of fused-ring (bicyclic) bond motifs is 1. The van der Waals surface area contributed by atoms with Crippen LogP contribution in [0.15, 0.2) is 42.2 Å². The fraction of sp³-hybridized carbons (Fsp3) is 0.154. The van der Waals surface area contributed by atoms with Crippen molar-refractivity contribution in [3.8, 4) is 28.7 Å². The minimum atomic E-state index is -2.37. The first-order valence-corrected chi connectivity index (χ1v) is 10.8. The fourth-order valence-corrected chi connectivity index (χ4v) is 3.44. The molecule has 1 atom stereocenters. The smallest absolute Gasteiger partial charge is 0.352 e. The largest absolute Gasteiger partial charge is 0.493 e. The number of carbonyl (C=O) groups excluding carboxylic acids is 2. The molecule has 0 radical (unpaired) electrons. The maximum atomic E-state index is 13.8. The summed E-state index contributed by atoms with van der Waals surface area (Å²) in [6, 6.07) is 8.74. The van der Waals surface area contributed by atoms with E-state index < -0.39 is 52.7 Å². The number of hydrogen-bond acceptors (Lipinski definition) is 7. The highest BCUT2D eigenvalue weighted by Gasteiger charge is 2.31. The van der Waals surface area contributed by atoms with Gasteiger partial charge >= 0.3 is 5.97 Å². The van der Waals surface area contributed by atoms with Crippen molar-refractivity contribution in [1.29, 1.82) is 0 Å². The molecule has 198 valence electrons. The van der Waals surface area contributed by atoms with Crippen LogP contribution >= 0.6 is 0 Å². The third-order valence-electron chi connectivity index (χ3n) is 5.36. The molecule has 0 fully saturated rings. The van der Waals surface area contributed by atoms with Crippen molar-refractivity contribution in [2.24, 2.45) is 0 Å². The molecule has 38 heavy (non-hydrogen) atoms. The molecule has 1 aliphatic heterocycles. The first-order valence-electron chi connectivity index (χ1n) is 10.8. The van der Waals surface area contributed by atoms with Crippen LogP contribution in [0, 0.1) is 29.1 Å². The number of hydrogen-bond donors (Lipinski definition) is 0. The number of halogens is 5. The Morgan fingerprint density at radius 2 is 1.50 bits per heavy atom. The zero-order valence-corrected chi connectivity index (χ0v) is 19.9. The zero-order valence-electron chi connectivity index (χ0n) is 19.9. The topological polar surface area (TPSA) is 80.3 Å². The highest BCUT2D eigenvalue weighted by molar-refractivity contribution is 6.14. The van der Waals surface area contributed by atoms with Gasteiger partial charge in [0.1, 0.15) is 11.5 Å².